The summed E-state index contributed by atoms with van der Waals surface area (Å²) in [5.74, 6) is 0. The Hall–Kier alpha value is -6.78. The Balaban J connectivity index is 1.12. The molecule has 0 spiro atoms. The van der Waals surface area contributed by atoms with Gasteiger partial charge >= 0.3 is 0 Å². The molecule has 4 heteroatoms. The minimum absolute atomic E-state index is 0.884. The highest BCUT2D eigenvalue weighted by Gasteiger charge is 2.23. The van der Waals surface area contributed by atoms with Gasteiger partial charge in [0, 0.05) is 54.6 Å². The smallest absolute Gasteiger partial charge is 0.159 e. The van der Waals surface area contributed by atoms with Gasteiger partial charge in [0.05, 0.1) is 39.0 Å². The third-order valence-electron chi connectivity index (χ3n) is 11.3. The van der Waals surface area contributed by atoms with Crippen molar-refractivity contribution >= 4 is 82.5 Å². The molecule has 7 aromatic carbocycles. The lowest BCUT2D eigenvalue weighted by atomic mass is 10.0. The van der Waals surface area contributed by atoms with E-state index in [0.717, 1.165) is 57.2 Å². The fourth-order valence-corrected chi connectivity index (χ4v) is 9.15. The van der Waals surface area contributed by atoms with Crippen molar-refractivity contribution in [3.8, 4) is 17.1 Å². The van der Waals surface area contributed by atoms with Gasteiger partial charge in [0.15, 0.2) is 11.2 Å². The molecular weight excluding hydrogens is 635 g/mol. The summed E-state index contributed by atoms with van der Waals surface area (Å²) in [7, 11) is 0. The molecule has 12 rings (SSSR count). The first kappa shape index (κ1) is 28.0. The van der Waals surface area contributed by atoms with Crippen LogP contribution in [-0.2, 0) is 6.42 Å². The largest absolute Gasteiger partial charge is 0.452 e. The highest BCUT2D eigenvalue weighted by Crippen LogP contribution is 2.42. The number of benzene rings is 7. The Morgan fingerprint density at radius 1 is 0.404 bits per heavy atom. The zero-order valence-corrected chi connectivity index (χ0v) is 28.3. The van der Waals surface area contributed by atoms with Crippen molar-refractivity contribution in [3.63, 3.8) is 0 Å². The third kappa shape index (κ3) is 3.65. The Kier molecular flexibility index (Phi) is 5.58. The molecule has 244 valence electrons. The normalized spacial score (nSPS) is 13.2. The lowest BCUT2D eigenvalue weighted by Gasteiger charge is -2.14. The molecular formula is C48H31N3O. The molecule has 52 heavy (non-hydrogen) atoms. The van der Waals surface area contributed by atoms with Crippen molar-refractivity contribution < 1.29 is 4.42 Å². The second-order valence-corrected chi connectivity index (χ2v) is 14.0. The molecule has 4 heterocycles. The lowest BCUT2D eigenvalue weighted by Crippen LogP contribution is -2.03. The lowest BCUT2D eigenvalue weighted by molar-refractivity contribution is 0.664. The topological polar surface area (TPSA) is 27.9 Å². The van der Waals surface area contributed by atoms with Crippen LogP contribution in [-0.4, -0.2) is 13.7 Å². The van der Waals surface area contributed by atoms with Gasteiger partial charge in [0.2, 0.25) is 0 Å². The van der Waals surface area contributed by atoms with Crippen molar-refractivity contribution in [2.24, 2.45) is 0 Å². The standard InChI is InChI=1S/C48H31N3O/c1-6-20-39-31(13-1)32-14-2-7-21-40(32)49(39)30-27-28-44-38(29-30)35-17-5-10-24-43(35)51(44)46-26-12-19-37-36-18-11-25-45(47(36)52-48(37)46)50-41-22-8-3-15-33(41)34-16-4-9-23-42(34)50/h1-6,8-20,22-29H,7,21H2. The summed E-state index contributed by atoms with van der Waals surface area (Å²) in [6.07, 6.45) is 6.71. The average molecular weight is 666 g/mol. The summed E-state index contributed by atoms with van der Waals surface area (Å²) in [5.41, 5.74) is 13.7. The quantitative estimate of drug-likeness (QED) is 0.185. The maximum absolute atomic E-state index is 7.10. The van der Waals surface area contributed by atoms with E-state index in [1.807, 2.05) is 0 Å². The van der Waals surface area contributed by atoms with E-state index in [9.17, 15) is 0 Å². The number of aromatic nitrogens is 3. The molecule has 0 amide bonds. The Labute approximate surface area is 298 Å². The average Bonchev–Trinajstić information content (AvgIpc) is 3.94. The van der Waals surface area contributed by atoms with Crippen molar-refractivity contribution in [2.75, 3.05) is 0 Å². The maximum atomic E-state index is 7.10. The number of fused-ring (bicyclic) bond motifs is 12. The molecule has 0 aliphatic heterocycles. The summed E-state index contributed by atoms with van der Waals surface area (Å²) in [5, 5.41) is 8.46. The summed E-state index contributed by atoms with van der Waals surface area (Å²) in [4.78, 5) is 0. The van der Waals surface area contributed by atoms with Crippen LogP contribution < -0.4 is 0 Å². The van der Waals surface area contributed by atoms with E-state index < -0.39 is 0 Å². The van der Waals surface area contributed by atoms with Crippen molar-refractivity contribution in [3.05, 3.63) is 169 Å². The van der Waals surface area contributed by atoms with Crippen molar-refractivity contribution in [2.45, 2.75) is 12.8 Å². The molecule has 4 nitrogen and oxygen atoms in total. The van der Waals surface area contributed by atoms with Gasteiger partial charge in [0.25, 0.3) is 0 Å². The highest BCUT2D eigenvalue weighted by atomic mass is 16.3. The molecule has 4 aromatic heterocycles. The zero-order chi connectivity index (χ0) is 33.9. The number of allylic oxidation sites excluding steroid dienone is 1. The van der Waals surface area contributed by atoms with Gasteiger partial charge in [-0.1, -0.05) is 109 Å². The van der Waals surface area contributed by atoms with Crippen LogP contribution in [0.15, 0.2) is 162 Å². The molecule has 0 unspecified atom stereocenters. The predicted molar refractivity (Wildman–Crippen MR) is 217 cm³/mol. The number of hydrogen-bond acceptors (Lipinski definition) is 1. The van der Waals surface area contributed by atoms with Crippen LogP contribution in [0.2, 0.25) is 0 Å². The van der Waals surface area contributed by atoms with E-state index in [2.05, 4.69) is 178 Å². The van der Waals surface area contributed by atoms with Gasteiger partial charge in [-0.05, 0) is 67.4 Å². The fourth-order valence-electron chi connectivity index (χ4n) is 9.15. The number of rotatable bonds is 3. The van der Waals surface area contributed by atoms with E-state index in [4.69, 9.17) is 4.42 Å². The van der Waals surface area contributed by atoms with Crippen LogP contribution in [0, 0.1) is 0 Å². The highest BCUT2D eigenvalue weighted by molar-refractivity contribution is 6.15. The van der Waals surface area contributed by atoms with Gasteiger partial charge < -0.3 is 18.1 Å². The second kappa shape index (κ2) is 10.4. The molecule has 11 aromatic rings. The number of para-hydroxylation sites is 6. The first-order chi connectivity index (χ1) is 25.8. The molecule has 1 aliphatic rings. The van der Waals surface area contributed by atoms with Gasteiger partial charge in [-0.2, -0.15) is 0 Å². The molecule has 0 saturated heterocycles. The minimum Gasteiger partial charge on any atom is -0.452 e. The Morgan fingerprint density at radius 2 is 0.885 bits per heavy atom. The molecule has 0 N–H and O–H groups in total. The van der Waals surface area contributed by atoms with E-state index in [0.29, 0.717) is 0 Å². The van der Waals surface area contributed by atoms with Crippen LogP contribution in [0.3, 0.4) is 0 Å². The Bertz CT molecular complexity index is 3250. The maximum Gasteiger partial charge on any atom is 0.159 e. The first-order valence-electron chi connectivity index (χ1n) is 18.1. The summed E-state index contributed by atoms with van der Waals surface area (Å²) >= 11 is 0. The van der Waals surface area contributed by atoms with E-state index in [1.54, 1.807) is 0 Å². The monoisotopic (exact) mass is 665 g/mol. The molecule has 0 radical (unpaired) electrons. The van der Waals surface area contributed by atoms with Gasteiger partial charge in [-0.25, -0.2) is 0 Å². The molecule has 0 atom stereocenters. The van der Waals surface area contributed by atoms with Gasteiger partial charge in [-0.15, -0.1) is 0 Å². The van der Waals surface area contributed by atoms with Crippen LogP contribution in [0.1, 0.15) is 17.7 Å². The molecule has 1 aliphatic carbocycles. The zero-order valence-electron chi connectivity index (χ0n) is 28.3. The molecule has 0 saturated carbocycles. The van der Waals surface area contributed by atoms with E-state index in [-0.39, 0.29) is 0 Å². The van der Waals surface area contributed by atoms with Crippen molar-refractivity contribution in [1.29, 1.82) is 0 Å². The Morgan fingerprint density at radius 3 is 1.48 bits per heavy atom. The second-order valence-electron chi connectivity index (χ2n) is 14.0. The minimum atomic E-state index is 0.884. The third-order valence-corrected chi connectivity index (χ3v) is 11.3. The van der Waals surface area contributed by atoms with E-state index >= 15 is 0 Å². The summed E-state index contributed by atoms with van der Waals surface area (Å²) in [6, 6.07) is 55.0. The van der Waals surface area contributed by atoms with E-state index in [1.165, 1.54) is 60.4 Å². The van der Waals surface area contributed by atoms with Crippen LogP contribution >= 0.6 is 0 Å². The van der Waals surface area contributed by atoms with Crippen LogP contribution in [0.5, 0.6) is 0 Å². The van der Waals surface area contributed by atoms with Crippen LogP contribution in [0.25, 0.3) is 99.6 Å². The predicted octanol–water partition coefficient (Wildman–Crippen LogP) is 12.7. The SMILES string of the molecule is C1=Cc2c(n(-c3ccc4c(c3)c3ccccc3n4-c3cccc4c3oc3c(-n5c6ccccc6c6ccccc65)cccc34)c3ccccc23)CC1. The van der Waals surface area contributed by atoms with Gasteiger partial charge in [-0.3, -0.25) is 0 Å². The number of furan rings is 1. The number of hydrogen-bond donors (Lipinski definition) is 0. The molecule has 0 fully saturated rings. The van der Waals surface area contributed by atoms with Crippen LogP contribution in [0.4, 0.5) is 0 Å². The molecule has 0 bridgehead atoms. The van der Waals surface area contributed by atoms with Gasteiger partial charge in [0.1, 0.15) is 0 Å². The first-order valence-corrected chi connectivity index (χ1v) is 18.1. The number of nitrogens with zero attached hydrogens (tertiary/aromatic N) is 3. The van der Waals surface area contributed by atoms with Crippen molar-refractivity contribution in [1.82, 2.24) is 13.7 Å². The summed E-state index contributed by atoms with van der Waals surface area (Å²) in [6.45, 7) is 0. The summed E-state index contributed by atoms with van der Waals surface area (Å²) < 4.78 is 14.3. The fraction of sp³-hybridized carbons (Fsp3) is 0.0417.